The van der Waals surface area contributed by atoms with E-state index in [-0.39, 0.29) is 4.90 Å². The van der Waals surface area contributed by atoms with E-state index >= 15 is 0 Å². The first-order chi connectivity index (χ1) is 11.3. The average molecular weight is 361 g/mol. The minimum atomic E-state index is -3.90. The SMILES string of the molecule is CC(C)(C)OC(=O)N1C(=O)C(F)CC(F)(F)[C@@]1(C)c1ccccc1F. The van der Waals surface area contributed by atoms with Gasteiger partial charge in [-0.3, -0.25) is 4.79 Å². The number of halogens is 4. The summed E-state index contributed by atoms with van der Waals surface area (Å²) in [6, 6.07) is 4.53. The number of rotatable bonds is 1. The third-order valence-corrected chi connectivity index (χ3v) is 4.06. The predicted octanol–water partition coefficient (Wildman–Crippen LogP) is 4.18. The minimum Gasteiger partial charge on any atom is -0.443 e. The molecule has 0 aliphatic carbocycles. The molecule has 8 heteroatoms. The van der Waals surface area contributed by atoms with Gasteiger partial charge in [-0.05, 0) is 33.8 Å². The van der Waals surface area contributed by atoms with Crippen LogP contribution >= 0.6 is 0 Å². The molecule has 138 valence electrons. The largest absolute Gasteiger partial charge is 0.443 e. The Morgan fingerprint density at radius 1 is 1.28 bits per heavy atom. The van der Waals surface area contributed by atoms with Crippen LogP contribution in [-0.2, 0) is 15.1 Å². The summed E-state index contributed by atoms with van der Waals surface area (Å²) < 4.78 is 62.7. The Balaban J connectivity index is 2.67. The molecule has 2 atom stereocenters. The molecule has 1 unspecified atom stereocenters. The molecular weight excluding hydrogens is 342 g/mol. The lowest BCUT2D eigenvalue weighted by Gasteiger charge is -2.48. The molecule has 0 saturated carbocycles. The second-order valence-corrected chi connectivity index (χ2v) is 7.08. The third kappa shape index (κ3) is 3.21. The van der Waals surface area contributed by atoms with Crippen molar-refractivity contribution in [2.75, 3.05) is 0 Å². The summed E-state index contributed by atoms with van der Waals surface area (Å²) in [6.07, 6.45) is -5.50. The summed E-state index contributed by atoms with van der Waals surface area (Å²) in [7, 11) is 0. The summed E-state index contributed by atoms with van der Waals surface area (Å²) in [5.74, 6) is -6.42. The van der Waals surface area contributed by atoms with Crippen molar-refractivity contribution in [2.24, 2.45) is 0 Å². The number of amides is 2. The van der Waals surface area contributed by atoms with E-state index in [1.807, 2.05) is 0 Å². The number of imide groups is 1. The van der Waals surface area contributed by atoms with E-state index < -0.39 is 53.0 Å². The molecule has 0 aromatic heterocycles. The molecule has 1 aliphatic rings. The van der Waals surface area contributed by atoms with Crippen molar-refractivity contribution >= 4 is 12.0 Å². The molecule has 1 aromatic carbocycles. The van der Waals surface area contributed by atoms with Gasteiger partial charge in [0.1, 0.15) is 17.0 Å². The Labute approximate surface area is 142 Å². The van der Waals surface area contributed by atoms with Crippen LogP contribution in [0, 0.1) is 5.82 Å². The lowest BCUT2D eigenvalue weighted by atomic mass is 9.77. The Kier molecular flexibility index (Phi) is 4.61. The predicted molar refractivity (Wildman–Crippen MR) is 81.3 cm³/mol. The lowest BCUT2D eigenvalue weighted by molar-refractivity contribution is -0.195. The van der Waals surface area contributed by atoms with E-state index in [4.69, 9.17) is 4.74 Å². The summed E-state index contributed by atoms with van der Waals surface area (Å²) in [5, 5.41) is 0. The molecule has 0 radical (unpaired) electrons. The van der Waals surface area contributed by atoms with Gasteiger partial charge in [-0.1, -0.05) is 18.2 Å². The van der Waals surface area contributed by atoms with E-state index in [0.29, 0.717) is 0 Å². The van der Waals surface area contributed by atoms with Gasteiger partial charge in [-0.2, -0.15) is 0 Å². The van der Waals surface area contributed by atoms with Crippen LogP contribution in [0.5, 0.6) is 0 Å². The normalized spacial score (nSPS) is 26.5. The van der Waals surface area contributed by atoms with Crippen LogP contribution in [0.25, 0.3) is 0 Å². The van der Waals surface area contributed by atoms with Gasteiger partial charge in [-0.25, -0.2) is 27.3 Å². The molecule has 4 nitrogen and oxygen atoms in total. The number of carbonyl (C=O) groups excluding carboxylic acids is 2. The molecule has 0 bridgehead atoms. The van der Waals surface area contributed by atoms with Crippen LogP contribution in [0.2, 0.25) is 0 Å². The van der Waals surface area contributed by atoms with Gasteiger partial charge in [0, 0.05) is 5.56 Å². The molecule has 0 spiro atoms. The second kappa shape index (κ2) is 6.00. The third-order valence-electron chi connectivity index (χ3n) is 4.06. The van der Waals surface area contributed by atoms with Gasteiger partial charge in [-0.15, -0.1) is 0 Å². The van der Waals surface area contributed by atoms with Crippen LogP contribution in [0.15, 0.2) is 24.3 Å². The molecule has 2 rings (SSSR count). The lowest BCUT2D eigenvalue weighted by Crippen LogP contribution is -2.67. The van der Waals surface area contributed by atoms with E-state index in [0.717, 1.165) is 19.1 Å². The van der Waals surface area contributed by atoms with Crippen molar-refractivity contribution in [1.29, 1.82) is 0 Å². The van der Waals surface area contributed by atoms with Gasteiger partial charge < -0.3 is 4.74 Å². The summed E-state index contributed by atoms with van der Waals surface area (Å²) >= 11 is 0. The zero-order valence-corrected chi connectivity index (χ0v) is 14.3. The Morgan fingerprint density at radius 3 is 2.36 bits per heavy atom. The minimum absolute atomic E-state index is 0.00479. The molecule has 1 aromatic rings. The van der Waals surface area contributed by atoms with Gasteiger partial charge in [0.15, 0.2) is 6.17 Å². The van der Waals surface area contributed by atoms with Crippen molar-refractivity contribution in [3.05, 3.63) is 35.6 Å². The number of benzene rings is 1. The molecule has 1 aliphatic heterocycles. The van der Waals surface area contributed by atoms with Gasteiger partial charge in [0.25, 0.3) is 11.8 Å². The van der Waals surface area contributed by atoms with Gasteiger partial charge >= 0.3 is 6.09 Å². The van der Waals surface area contributed by atoms with E-state index in [9.17, 15) is 27.2 Å². The summed E-state index contributed by atoms with van der Waals surface area (Å²) in [5.41, 5.74) is -4.43. The monoisotopic (exact) mass is 361 g/mol. The number of alkyl halides is 3. The number of carbonyl (C=O) groups is 2. The molecule has 25 heavy (non-hydrogen) atoms. The molecule has 1 saturated heterocycles. The highest BCUT2D eigenvalue weighted by molar-refractivity contribution is 5.97. The first kappa shape index (κ1) is 19.2. The van der Waals surface area contributed by atoms with Crippen LogP contribution in [-0.4, -0.2) is 34.6 Å². The second-order valence-electron chi connectivity index (χ2n) is 7.08. The topological polar surface area (TPSA) is 46.6 Å². The van der Waals surface area contributed by atoms with Crippen molar-refractivity contribution in [1.82, 2.24) is 4.90 Å². The maximum absolute atomic E-state index is 14.8. The van der Waals surface area contributed by atoms with Gasteiger partial charge in [0.2, 0.25) is 0 Å². The quantitative estimate of drug-likeness (QED) is 0.705. The average Bonchev–Trinajstić information content (AvgIpc) is 2.43. The zero-order valence-electron chi connectivity index (χ0n) is 14.3. The van der Waals surface area contributed by atoms with Crippen LogP contribution in [0.1, 0.15) is 39.7 Å². The summed E-state index contributed by atoms with van der Waals surface area (Å²) in [6.45, 7) is 5.22. The highest BCUT2D eigenvalue weighted by atomic mass is 19.3. The molecule has 2 amide bonds. The van der Waals surface area contributed by atoms with Crippen molar-refractivity contribution < 1.29 is 31.9 Å². The molecule has 1 fully saturated rings. The number of hydrogen-bond donors (Lipinski definition) is 0. The highest BCUT2D eigenvalue weighted by Crippen LogP contribution is 2.50. The number of hydrogen-bond acceptors (Lipinski definition) is 3. The van der Waals surface area contributed by atoms with Crippen LogP contribution in [0.4, 0.5) is 22.4 Å². The number of ether oxygens (including phenoxy) is 1. The number of piperidine rings is 1. The fraction of sp³-hybridized carbons (Fsp3) is 0.529. The highest BCUT2D eigenvalue weighted by Gasteiger charge is 2.66. The fourth-order valence-corrected chi connectivity index (χ4v) is 2.79. The van der Waals surface area contributed by atoms with Crippen LogP contribution < -0.4 is 0 Å². The molecule has 0 N–H and O–H groups in total. The Hall–Kier alpha value is -2.12. The maximum Gasteiger partial charge on any atom is 0.418 e. The van der Waals surface area contributed by atoms with Gasteiger partial charge in [0.05, 0.1) is 6.42 Å². The standard InChI is InChI=1S/C17H19F4NO3/c1-15(2,3)25-14(24)22-13(23)12(19)9-17(20,21)16(22,4)10-7-5-6-8-11(10)18/h5-8,12H,9H2,1-4H3/t12?,16-/m1/s1. The first-order valence-corrected chi connectivity index (χ1v) is 7.65. The first-order valence-electron chi connectivity index (χ1n) is 7.65. The van der Waals surface area contributed by atoms with Crippen molar-refractivity contribution in [3.8, 4) is 0 Å². The van der Waals surface area contributed by atoms with E-state index in [1.54, 1.807) is 0 Å². The van der Waals surface area contributed by atoms with Crippen molar-refractivity contribution in [2.45, 2.75) is 57.3 Å². The maximum atomic E-state index is 14.8. The number of likely N-dealkylation sites (tertiary alicyclic amines) is 1. The Bertz CT molecular complexity index is 701. The van der Waals surface area contributed by atoms with Crippen molar-refractivity contribution in [3.63, 3.8) is 0 Å². The molecule has 1 heterocycles. The van der Waals surface area contributed by atoms with E-state index in [2.05, 4.69) is 0 Å². The van der Waals surface area contributed by atoms with E-state index in [1.165, 1.54) is 32.9 Å². The molecular formula is C17H19F4NO3. The van der Waals surface area contributed by atoms with Crippen LogP contribution in [0.3, 0.4) is 0 Å². The zero-order chi connectivity index (χ0) is 19.2. The number of nitrogens with zero attached hydrogens (tertiary/aromatic N) is 1. The fourth-order valence-electron chi connectivity index (χ4n) is 2.79. The summed E-state index contributed by atoms with van der Waals surface area (Å²) in [4.78, 5) is 24.7. The Morgan fingerprint density at radius 2 is 1.84 bits per heavy atom. The smallest absolute Gasteiger partial charge is 0.418 e.